The number of nitrogens with one attached hydrogen (secondary N) is 1. The van der Waals surface area contributed by atoms with Crippen LogP contribution in [-0.2, 0) is 17.5 Å². The molecule has 1 aromatic carbocycles. The fourth-order valence-electron chi connectivity index (χ4n) is 2.12. The molecule has 1 aromatic heterocycles. The van der Waals surface area contributed by atoms with Gasteiger partial charge in [-0.05, 0) is 31.2 Å². The smallest absolute Gasteiger partial charge is 0.324 e. The lowest BCUT2D eigenvalue weighted by molar-refractivity contribution is -0.139. The van der Waals surface area contributed by atoms with Crippen molar-refractivity contribution in [3.8, 4) is 0 Å². The fourth-order valence-corrected chi connectivity index (χ4v) is 2.12. The van der Waals surface area contributed by atoms with Crippen molar-refractivity contribution < 1.29 is 22.8 Å². The highest BCUT2D eigenvalue weighted by atomic mass is 19.4. The summed E-state index contributed by atoms with van der Waals surface area (Å²) in [6, 6.07) is 7.91. The highest BCUT2D eigenvalue weighted by Gasteiger charge is 2.34. The summed E-state index contributed by atoms with van der Waals surface area (Å²) in [5.74, 6) is -0.993. The molecule has 0 aliphatic rings. The second kappa shape index (κ2) is 6.69. The number of nitrogens with zero attached hydrogens (tertiary/aromatic N) is 1. The third-order valence-electron chi connectivity index (χ3n) is 3.22. The number of carbonyl (C=O) groups excluding carboxylic acids is 2. The Balaban J connectivity index is 2.23. The lowest BCUT2D eigenvalue weighted by Gasteiger charge is -2.12. The van der Waals surface area contributed by atoms with Gasteiger partial charge in [0.1, 0.15) is 12.1 Å². The number of hydrogen-bond donors (Lipinski definition) is 1. The Bertz CT molecular complexity index is 841. The zero-order chi connectivity index (χ0) is 17.9. The van der Waals surface area contributed by atoms with Crippen molar-refractivity contribution in [1.29, 1.82) is 0 Å². The first-order chi connectivity index (χ1) is 11.2. The largest absolute Gasteiger partial charge is 0.421 e. The summed E-state index contributed by atoms with van der Waals surface area (Å²) in [5.41, 5.74) is -2.15. The monoisotopic (exact) mass is 338 g/mol. The summed E-state index contributed by atoms with van der Waals surface area (Å²) < 4.78 is 38.8. The van der Waals surface area contributed by atoms with Crippen LogP contribution >= 0.6 is 0 Å². The van der Waals surface area contributed by atoms with Crippen LogP contribution in [0.3, 0.4) is 0 Å². The third-order valence-corrected chi connectivity index (χ3v) is 3.22. The van der Waals surface area contributed by atoms with E-state index in [1.165, 1.54) is 19.1 Å². The van der Waals surface area contributed by atoms with Crippen LogP contribution in [0.4, 0.5) is 18.9 Å². The molecular weight excluding hydrogens is 325 g/mol. The van der Waals surface area contributed by atoms with Crippen LogP contribution in [0, 0.1) is 0 Å². The molecule has 0 fully saturated rings. The van der Waals surface area contributed by atoms with Crippen molar-refractivity contribution >= 4 is 17.4 Å². The van der Waals surface area contributed by atoms with Crippen LogP contribution in [0.15, 0.2) is 47.4 Å². The molecule has 0 atom stereocenters. The van der Waals surface area contributed by atoms with E-state index >= 15 is 0 Å². The molecule has 0 unspecified atom stereocenters. The molecule has 24 heavy (non-hydrogen) atoms. The standard InChI is InChI=1S/C16H13F3N2O3/c1-10(22)11-5-2-3-7-13(11)20-14(23)9-21-8-4-6-12(15(21)24)16(17,18)19/h2-8H,9H2,1H3,(H,20,23). The average Bonchev–Trinajstić information content (AvgIpc) is 2.48. The van der Waals surface area contributed by atoms with E-state index in [2.05, 4.69) is 5.32 Å². The first kappa shape index (κ1) is 17.5. The Kier molecular flexibility index (Phi) is 4.87. The quantitative estimate of drug-likeness (QED) is 0.872. The molecule has 0 radical (unpaired) electrons. The molecule has 0 bridgehead atoms. The topological polar surface area (TPSA) is 68.2 Å². The zero-order valence-corrected chi connectivity index (χ0v) is 12.6. The number of rotatable bonds is 4. The molecule has 1 heterocycles. The van der Waals surface area contributed by atoms with Gasteiger partial charge >= 0.3 is 6.18 Å². The van der Waals surface area contributed by atoms with E-state index in [1.807, 2.05) is 0 Å². The van der Waals surface area contributed by atoms with Gasteiger partial charge in [-0.1, -0.05) is 12.1 Å². The Hall–Kier alpha value is -2.90. The van der Waals surface area contributed by atoms with E-state index < -0.39 is 29.8 Å². The number of hydrogen-bond acceptors (Lipinski definition) is 3. The third kappa shape index (κ3) is 3.89. The number of ketones is 1. The van der Waals surface area contributed by atoms with Gasteiger partial charge in [-0.15, -0.1) is 0 Å². The SMILES string of the molecule is CC(=O)c1ccccc1NC(=O)Cn1cccc(C(F)(F)F)c1=O. The minimum atomic E-state index is -4.79. The van der Waals surface area contributed by atoms with Crippen LogP contribution < -0.4 is 10.9 Å². The van der Waals surface area contributed by atoms with Gasteiger partial charge in [0.05, 0.1) is 5.69 Å². The molecular formula is C16H13F3N2O3. The summed E-state index contributed by atoms with van der Waals surface area (Å²) in [7, 11) is 0. The Morgan fingerprint density at radius 3 is 2.42 bits per heavy atom. The maximum absolute atomic E-state index is 12.7. The van der Waals surface area contributed by atoms with Gasteiger partial charge in [0.25, 0.3) is 5.56 Å². The van der Waals surface area contributed by atoms with E-state index in [0.29, 0.717) is 10.6 Å². The molecule has 0 spiro atoms. The van der Waals surface area contributed by atoms with Crippen molar-refractivity contribution in [3.05, 3.63) is 64.1 Å². The molecule has 5 nitrogen and oxygen atoms in total. The summed E-state index contributed by atoms with van der Waals surface area (Å²) in [5, 5.41) is 2.43. The number of carbonyl (C=O) groups is 2. The molecule has 0 saturated carbocycles. The van der Waals surface area contributed by atoms with Gasteiger partial charge in [-0.2, -0.15) is 13.2 Å². The normalized spacial score (nSPS) is 11.2. The number of aromatic nitrogens is 1. The van der Waals surface area contributed by atoms with Gasteiger partial charge in [-0.25, -0.2) is 0 Å². The minimum absolute atomic E-state index is 0.232. The molecule has 0 aliphatic heterocycles. The molecule has 8 heteroatoms. The van der Waals surface area contributed by atoms with Crippen molar-refractivity contribution in [2.24, 2.45) is 0 Å². The summed E-state index contributed by atoms with van der Waals surface area (Å²) in [6.45, 7) is 0.720. The maximum atomic E-state index is 12.7. The van der Waals surface area contributed by atoms with Gasteiger partial charge < -0.3 is 9.88 Å². The van der Waals surface area contributed by atoms with Crippen molar-refractivity contribution in [2.45, 2.75) is 19.6 Å². The van der Waals surface area contributed by atoms with Crippen molar-refractivity contribution in [3.63, 3.8) is 0 Å². The van der Waals surface area contributed by atoms with Gasteiger partial charge in [0, 0.05) is 11.8 Å². The number of para-hydroxylation sites is 1. The number of halogens is 3. The first-order valence-corrected chi connectivity index (χ1v) is 6.86. The molecule has 1 N–H and O–H groups in total. The van der Waals surface area contributed by atoms with Crippen LogP contribution in [0.25, 0.3) is 0 Å². The second-order valence-electron chi connectivity index (χ2n) is 5.00. The van der Waals surface area contributed by atoms with Crippen LogP contribution in [0.1, 0.15) is 22.8 Å². The first-order valence-electron chi connectivity index (χ1n) is 6.86. The molecule has 0 saturated heterocycles. The van der Waals surface area contributed by atoms with E-state index in [-0.39, 0.29) is 17.0 Å². The van der Waals surface area contributed by atoms with Crippen molar-refractivity contribution in [1.82, 2.24) is 4.57 Å². The average molecular weight is 338 g/mol. The number of Topliss-reactive ketones (excluding diaryl/α,β-unsaturated/α-hetero) is 1. The minimum Gasteiger partial charge on any atom is -0.324 e. The fraction of sp³-hybridized carbons (Fsp3) is 0.188. The number of alkyl halides is 3. The van der Waals surface area contributed by atoms with Crippen LogP contribution in [0.5, 0.6) is 0 Å². The molecule has 1 amide bonds. The van der Waals surface area contributed by atoms with E-state index in [9.17, 15) is 27.6 Å². The predicted molar refractivity (Wildman–Crippen MR) is 80.8 cm³/mol. The summed E-state index contributed by atoms with van der Waals surface area (Å²) in [4.78, 5) is 35.3. The molecule has 2 rings (SSSR count). The van der Waals surface area contributed by atoms with Crippen LogP contribution in [-0.4, -0.2) is 16.3 Å². The second-order valence-corrected chi connectivity index (χ2v) is 5.00. The maximum Gasteiger partial charge on any atom is 0.421 e. The van der Waals surface area contributed by atoms with Gasteiger partial charge in [0.15, 0.2) is 5.78 Å². The Morgan fingerprint density at radius 1 is 1.12 bits per heavy atom. The number of amides is 1. The lowest BCUT2D eigenvalue weighted by Crippen LogP contribution is -2.32. The van der Waals surface area contributed by atoms with E-state index in [4.69, 9.17) is 0 Å². The highest BCUT2D eigenvalue weighted by Crippen LogP contribution is 2.26. The summed E-state index contributed by atoms with van der Waals surface area (Å²) in [6.07, 6.45) is -3.70. The van der Waals surface area contributed by atoms with E-state index in [0.717, 1.165) is 12.3 Å². The lowest BCUT2D eigenvalue weighted by atomic mass is 10.1. The molecule has 126 valence electrons. The number of anilines is 1. The number of benzene rings is 1. The zero-order valence-electron chi connectivity index (χ0n) is 12.6. The molecule has 0 aliphatic carbocycles. The Labute approximate surface area is 134 Å². The van der Waals surface area contributed by atoms with Crippen molar-refractivity contribution in [2.75, 3.05) is 5.32 Å². The predicted octanol–water partition coefficient (Wildman–Crippen LogP) is 2.71. The summed E-state index contributed by atoms with van der Waals surface area (Å²) >= 11 is 0. The van der Waals surface area contributed by atoms with Crippen LogP contribution in [0.2, 0.25) is 0 Å². The van der Waals surface area contributed by atoms with Gasteiger partial charge in [0.2, 0.25) is 5.91 Å². The highest BCUT2D eigenvalue weighted by molar-refractivity contribution is 6.03. The molecule has 2 aromatic rings. The van der Waals surface area contributed by atoms with E-state index in [1.54, 1.807) is 12.1 Å². The van der Waals surface area contributed by atoms with Gasteiger partial charge in [-0.3, -0.25) is 14.4 Å². The number of pyridine rings is 1. The Morgan fingerprint density at radius 2 is 1.79 bits per heavy atom.